The Morgan fingerprint density at radius 3 is 1.43 bits per heavy atom. The fourth-order valence-corrected chi connectivity index (χ4v) is 12.3. The van der Waals surface area contributed by atoms with E-state index in [9.17, 15) is 10.5 Å². The fourth-order valence-electron chi connectivity index (χ4n) is 7.22. The van der Waals surface area contributed by atoms with Gasteiger partial charge in [0.25, 0.3) is 0 Å². The number of benzene rings is 4. The van der Waals surface area contributed by atoms with Crippen LogP contribution < -0.4 is 15.7 Å². The Kier molecular flexibility index (Phi) is 8.12. The average Bonchev–Trinajstić information content (AvgIpc) is 3.03. The first-order valence-corrected chi connectivity index (χ1v) is 20.7. The molecule has 44 heavy (non-hydrogen) atoms. The van der Waals surface area contributed by atoms with Crippen LogP contribution in [0.3, 0.4) is 0 Å². The first-order chi connectivity index (χ1) is 21.2. The van der Waals surface area contributed by atoms with E-state index >= 15 is 0 Å². The molecule has 0 spiro atoms. The van der Waals surface area contributed by atoms with E-state index in [1.54, 1.807) is 0 Å². The molecule has 0 aliphatic carbocycles. The lowest BCUT2D eigenvalue weighted by Gasteiger charge is -2.51. The highest BCUT2D eigenvalue weighted by atomic mass is 32.3. The van der Waals surface area contributed by atoms with Crippen LogP contribution in [0.1, 0.15) is 61.8 Å². The molecule has 0 fully saturated rings. The van der Waals surface area contributed by atoms with E-state index in [2.05, 4.69) is 129 Å². The molecular weight excluding hydrogens is 573 g/mol. The Morgan fingerprint density at radius 2 is 1.02 bits per heavy atom. The quantitative estimate of drug-likeness (QED) is 0.196. The van der Waals surface area contributed by atoms with Gasteiger partial charge >= 0.3 is 6.85 Å². The van der Waals surface area contributed by atoms with Crippen LogP contribution >= 0.6 is 20.1 Å². The summed E-state index contributed by atoms with van der Waals surface area (Å²) in [4.78, 5) is 7.69. The highest BCUT2D eigenvalue weighted by Gasteiger charge is 2.47. The maximum Gasteiger partial charge on any atom is 0.330 e. The van der Waals surface area contributed by atoms with Crippen molar-refractivity contribution < 1.29 is 0 Å². The lowest BCUT2D eigenvalue weighted by molar-refractivity contribution is 0.792. The third-order valence-electron chi connectivity index (χ3n) is 9.51. The maximum absolute atomic E-state index is 10.8. The Balaban J connectivity index is 1.74. The normalized spacial score (nSPS) is 16.8. The summed E-state index contributed by atoms with van der Waals surface area (Å²) in [6, 6.07) is 32.1. The lowest BCUT2D eigenvalue weighted by atomic mass is 9.48. The molecule has 0 aromatic heterocycles. The number of hydrogen-bond acceptors (Lipinski definition) is 3. The summed E-state index contributed by atoms with van der Waals surface area (Å²) in [5.74, 6) is 0. The number of nitrogens with zero attached hydrogens (tertiary/aromatic N) is 3. The van der Waals surface area contributed by atoms with Gasteiger partial charge < -0.3 is 4.81 Å². The Bertz CT molecular complexity index is 1720. The SMILES string of the molecule is CCCCc1cc(C#N)c2c(c1)S(C)(C)c1cc(CCCC)cc(C#N)c1N2B1c2ccccc2S(C)(C)c2ccccc21. The van der Waals surface area contributed by atoms with Crippen molar-refractivity contribution in [1.82, 2.24) is 0 Å². The summed E-state index contributed by atoms with van der Waals surface area (Å²) in [5.41, 5.74) is 8.43. The zero-order valence-electron chi connectivity index (χ0n) is 26.9. The molecule has 0 saturated heterocycles. The van der Waals surface area contributed by atoms with Crippen molar-refractivity contribution in [3.05, 3.63) is 95.1 Å². The third kappa shape index (κ3) is 4.75. The van der Waals surface area contributed by atoms with Crippen molar-refractivity contribution in [1.29, 1.82) is 10.5 Å². The van der Waals surface area contributed by atoms with E-state index in [1.807, 2.05) is 0 Å². The molecule has 0 radical (unpaired) electrons. The summed E-state index contributed by atoms with van der Waals surface area (Å²) >= 11 is 0. The minimum atomic E-state index is -1.55. The van der Waals surface area contributed by atoms with Crippen LogP contribution in [-0.2, 0) is 12.8 Å². The summed E-state index contributed by atoms with van der Waals surface area (Å²) in [6.07, 6.45) is 15.9. The van der Waals surface area contributed by atoms with Gasteiger partial charge in [-0.1, -0.05) is 75.2 Å². The molecule has 0 saturated carbocycles. The first-order valence-electron chi connectivity index (χ1n) is 15.8. The van der Waals surface area contributed by atoms with Crippen LogP contribution in [0.2, 0.25) is 0 Å². The number of fused-ring (bicyclic) bond motifs is 4. The molecule has 0 amide bonds. The Morgan fingerprint density at radius 1 is 0.614 bits per heavy atom. The van der Waals surface area contributed by atoms with E-state index in [-0.39, 0.29) is 6.85 Å². The van der Waals surface area contributed by atoms with Crippen molar-refractivity contribution >= 4 is 49.2 Å². The van der Waals surface area contributed by atoms with Crippen LogP contribution in [0.5, 0.6) is 0 Å². The van der Waals surface area contributed by atoms with Gasteiger partial charge in [0.15, 0.2) is 0 Å². The molecule has 6 rings (SSSR count). The minimum Gasteiger partial charge on any atom is -0.373 e. The van der Waals surface area contributed by atoms with E-state index in [1.165, 1.54) is 41.6 Å². The summed E-state index contributed by atoms with van der Waals surface area (Å²) < 4.78 is 0. The van der Waals surface area contributed by atoms with Gasteiger partial charge in [-0.25, -0.2) is 0 Å². The molecule has 224 valence electrons. The summed E-state index contributed by atoms with van der Waals surface area (Å²) in [6.45, 7) is 4.29. The fraction of sp³-hybridized carbons (Fsp3) is 0.316. The van der Waals surface area contributed by atoms with Crippen molar-refractivity contribution in [3.63, 3.8) is 0 Å². The molecule has 3 nitrogen and oxygen atoms in total. The van der Waals surface area contributed by atoms with E-state index in [4.69, 9.17) is 0 Å². The van der Waals surface area contributed by atoms with Crippen LogP contribution in [0.15, 0.2) is 92.4 Å². The van der Waals surface area contributed by atoms with Gasteiger partial charge in [-0.05, 0) is 107 Å². The van der Waals surface area contributed by atoms with E-state index in [0.29, 0.717) is 11.1 Å². The highest BCUT2D eigenvalue weighted by molar-refractivity contribution is 8.33. The number of rotatable bonds is 7. The topological polar surface area (TPSA) is 50.8 Å². The van der Waals surface area contributed by atoms with Crippen molar-refractivity contribution in [2.24, 2.45) is 0 Å². The number of unbranched alkanes of at least 4 members (excludes halogenated alkanes) is 2. The Labute approximate surface area is 267 Å². The molecule has 4 aromatic rings. The molecule has 2 aliphatic heterocycles. The number of anilines is 2. The monoisotopic (exact) mass is 615 g/mol. The van der Waals surface area contributed by atoms with Gasteiger partial charge in [0, 0.05) is 9.79 Å². The average molecular weight is 616 g/mol. The van der Waals surface area contributed by atoms with Crippen LogP contribution in [-0.4, -0.2) is 31.9 Å². The van der Waals surface area contributed by atoms with Gasteiger partial charge in [0.05, 0.1) is 22.5 Å². The number of nitriles is 2. The zero-order valence-corrected chi connectivity index (χ0v) is 28.5. The molecule has 4 aromatic carbocycles. The van der Waals surface area contributed by atoms with Gasteiger partial charge in [0.1, 0.15) is 12.1 Å². The van der Waals surface area contributed by atoms with Gasteiger partial charge in [0.2, 0.25) is 0 Å². The molecule has 0 unspecified atom stereocenters. The van der Waals surface area contributed by atoms with Crippen molar-refractivity contribution in [2.45, 2.75) is 72.0 Å². The number of aryl methyl sites for hydroxylation is 2. The number of hydrogen-bond donors (Lipinski definition) is 0. The molecule has 0 N–H and O–H groups in total. The van der Waals surface area contributed by atoms with Crippen LogP contribution in [0.4, 0.5) is 11.4 Å². The predicted molar refractivity (Wildman–Crippen MR) is 192 cm³/mol. The van der Waals surface area contributed by atoms with Gasteiger partial charge in [-0.15, -0.1) is 0 Å². The van der Waals surface area contributed by atoms with Crippen LogP contribution in [0, 0.1) is 22.7 Å². The molecule has 0 atom stereocenters. The second kappa shape index (κ2) is 11.7. The van der Waals surface area contributed by atoms with Crippen LogP contribution in [0.25, 0.3) is 0 Å². The lowest BCUT2D eigenvalue weighted by Crippen LogP contribution is -2.60. The molecule has 2 heterocycles. The standard InChI is InChI=1S/C38H42BN3S2/c1-7-9-15-27-21-29(25-40)37-35(23-27)44(5,6)36-24-28(16-10-8-2)22-30(26-41)38(36)42(37)39-31-17-11-13-19-33(31)43(3,4)34-20-14-12-18-32(34)39/h11-14,17-24H,7-10,15-16H2,1-6H3. The Hall–Kier alpha value is -3.58. The summed E-state index contributed by atoms with van der Waals surface area (Å²) in [5, 5.41) is 21.6. The largest absolute Gasteiger partial charge is 0.373 e. The van der Waals surface area contributed by atoms with Crippen molar-refractivity contribution in [2.75, 3.05) is 29.8 Å². The maximum atomic E-state index is 10.8. The minimum absolute atomic E-state index is 0.155. The third-order valence-corrected chi connectivity index (χ3v) is 15.3. The predicted octanol–water partition coefficient (Wildman–Crippen LogP) is 8.65. The first kappa shape index (κ1) is 30.5. The summed E-state index contributed by atoms with van der Waals surface area (Å²) in [7, 11) is -2.82. The van der Waals surface area contributed by atoms with Gasteiger partial charge in [-0.2, -0.15) is 30.6 Å². The van der Waals surface area contributed by atoms with Gasteiger partial charge in [-0.3, -0.25) is 0 Å². The molecule has 6 heteroatoms. The van der Waals surface area contributed by atoms with E-state index in [0.717, 1.165) is 49.9 Å². The van der Waals surface area contributed by atoms with E-state index < -0.39 is 20.1 Å². The molecule has 0 bridgehead atoms. The highest BCUT2D eigenvalue weighted by Crippen LogP contribution is 2.68. The second-order valence-electron chi connectivity index (χ2n) is 12.9. The smallest absolute Gasteiger partial charge is 0.330 e. The zero-order chi connectivity index (χ0) is 31.2. The molecular formula is C38H42BN3S2. The molecule has 2 aliphatic rings. The second-order valence-corrected chi connectivity index (χ2v) is 20.0. The van der Waals surface area contributed by atoms with Crippen molar-refractivity contribution in [3.8, 4) is 12.1 Å².